The van der Waals surface area contributed by atoms with Crippen molar-refractivity contribution in [1.82, 2.24) is 25.9 Å². The Bertz CT molecular complexity index is 919. The van der Waals surface area contributed by atoms with Crippen LogP contribution in [0.2, 0.25) is 0 Å². The Balaban J connectivity index is 3.08. The van der Waals surface area contributed by atoms with Crippen LogP contribution in [0, 0.1) is 5.92 Å². The quantitative estimate of drug-likeness (QED) is 0.123. The normalized spacial score (nSPS) is 14.3. The first-order valence-corrected chi connectivity index (χ1v) is 10.7. The van der Waals surface area contributed by atoms with E-state index in [2.05, 4.69) is 25.9 Å². The number of H-pyrrole nitrogens is 1. The molecule has 4 atom stereocenters. The first-order chi connectivity index (χ1) is 16.3. The zero-order valence-corrected chi connectivity index (χ0v) is 19.3. The van der Waals surface area contributed by atoms with Gasteiger partial charge in [0.15, 0.2) is 0 Å². The number of aromatic nitrogens is 2. The van der Waals surface area contributed by atoms with Crippen molar-refractivity contribution in [2.24, 2.45) is 17.4 Å². The number of nitrogens with zero attached hydrogens (tertiary/aromatic N) is 1. The van der Waals surface area contributed by atoms with Crippen LogP contribution >= 0.6 is 0 Å². The number of nitrogens with one attached hydrogen (secondary N) is 4. The lowest BCUT2D eigenvalue weighted by atomic mass is 10.0. The fourth-order valence-electron chi connectivity index (χ4n) is 2.87. The van der Waals surface area contributed by atoms with E-state index in [1.807, 2.05) is 0 Å². The monoisotopic (exact) mass is 497 g/mol. The minimum Gasteiger partial charge on any atom is -0.481 e. The van der Waals surface area contributed by atoms with Crippen LogP contribution in [0.4, 0.5) is 0 Å². The molecule has 35 heavy (non-hydrogen) atoms. The van der Waals surface area contributed by atoms with E-state index in [0.717, 1.165) is 0 Å². The maximum atomic E-state index is 12.9. The van der Waals surface area contributed by atoms with Crippen LogP contribution in [-0.2, 0) is 35.2 Å². The standard InChI is InChI=1S/C20H31N7O8/c1-9(2)16(22)19(33)27-13(6-15(29)30)18(32)26-12(5-10-7-23-8-24-10)17(31)25-11(20(34)35)3-4-14(21)28/h7-9,11-13,16H,3-6,22H2,1-2H3,(H2,21,28)(H,23,24)(H,25,31)(H,26,32)(H,27,33)(H,29,30)(H,34,35). The molecular weight excluding hydrogens is 466 g/mol. The zero-order valence-electron chi connectivity index (χ0n) is 19.3. The molecule has 0 saturated carbocycles. The Kier molecular flexibility index (Phi) is 11.3. The van der Waals surface area contributed by atoms with Gasteiger partial charge in [-0.3, -0.25) is 24.0 Å². The Morgan fingerprint density at radius 2 is 1.54 bits per heavy atom. The second-order valence-corrected chi connectivity index (χ2v) is 8.18. The Morgan fingerprint density at radius 3 is 2.03 bits per heavy atom. The van der Waals surface area contributed by atoms with Crippen molar-refractivity contribution in [2.45, 2.75) is 63.7 Å². The summed E-state index contributed by atoms with van der Waals surface area (Å²) in [7, 11) is 0. The summed E-state index contributed by atoms with van der Waals surface area (Å²) in [5.74, 6) is -6.56. The molecule has 1 heterocycles. The number of nitrogens with two attached hydrogens (primary N) is 2. The number of primary amides is 1. The SMILES string of the molecule is CC(C)C(N)C(=O)NC(CC(=O)O)C(=O)NC(Cc1cnc[nH]1)C(=O)NC(CCC(N)=O)C(=O)O. The van der Waals surface area contributed by atoms with Gasteiger partial charge in [0.2, 0.25) is 23.6 Å². The van der Waals surface area contributed by atoms with Crippen molar-refractivity contribution in [2.75, 3.05) is 0 Å². The van der Waals surface area contributed by atoms with E-state index >= 15 is 0 Å². The largest absolute Gasteiger partial charge is 0.481 e. The number of hydrogen-bond donors (Lipinski definition) is 8. The summed E-state index contributed by atoms with van der Waals surface area (Å²) >= 11 is 0. The molecule has 0 saturated heterocycles. The van der Waals surface area contributed by atoms with E-state index in [0.29, 0.717) is 5.69 Å². The number of hydrogen-bond acceptors (Lipinski definition) is 8. The maximum absolute atomic E-state index is 12.9. The number of aliphatic carboxylic acids is 2. The molecular formula is C20H31N7O8. The Morgan fingerprint density at radius 1 is 0.971 bits per heavy atom. The summed E-state index contributed by atoms with van der Waals surface area (Å²) < 4.78 is 0. The average Bonchev–Trinajstić information content (AvgIpc) is 3.27. The van der Waals surface area contributed by atoms with E-state index in [-0.39, 0.29) is 25.2 Å². The van der Waals surface area contributed by atoms with E-state index in [1.54, 1.807) is 13.8 Å². The van der Waals surface area contributed by atoms with Crippen LogP contribution < -0.4 is 27.4 Å². The smallest absolute Gasteiger partial charge is 0.326 e. The Labute approximate surface area is 200 Å². The highest BCUT2D eigenvalue weighted by Gasteiger charge is 2.32. The minimum absolute atomic E-state index is 0.168. The molecule has 0 spiro atoms. The van der Waals surface area contributed by atoms with Crippen molar-refractivity contribution < 1.29 is 39.0 Å². The molecule has 4 unspecified atom stereocenters. The lowest BCUT2D eigenvalue weighted by Gasteiger charge is -2.25. The molecule has 1 rings (SSSR count). The number of amides is 4. The van der Waals surface area contributed by atoms with Gasteiger partial charge in [0, 0.05) is 24.7 Å². The number of imidazole rings is 1. The van der Waals surface area contributed by atoms with Crippen molar-refractivity contribution in [3.8, 4) is 0 Å². The van der Waals surface area contributed by atoms with Gasteiger partial charge in [-0.2, -0.15) is 0 Å². The van der Waals surface area contributed by atoms with E-state index in [1.165, 1.54) is 12.5 Å². The minimum atomic E-state index is -1.56. The number of carbonyl (C=O) groups is 6. The summed E-state index contributed by atoms with van der Waals surface area (Å²) in [5.41, 5.74) is 11.2. The van der Waals surface area contributed by atoms with Gasteiger partial charge >= 0.3 is 11.9 Å². The van der Waals surface area contributed by atoms with Gasteiger partial charge in [0.1, 0.15) is 18.1 Å². The highest BCUT2D eigenvalue weighted by Crippen LogP contribution is 2.05. The molecule has 194 valence electrons. The molecule has 0 aliphatic carbocycles. The molecule has 0 bridgehead atoms. The number of aromatic amines is 1. The molecule has 15 heteroatoms. The summed E-state index contributed by atoms with van der Waals surface area (Å²) in [6, 6.07) is -5.43. The third-order valence-electron chi connectivity index (χ3n) is 4.94. The van der Waals surface area contributed by atoms with Crippen molar-refractivity contribution >= 4 is 35.6 Å². The van der Waals surface area contributed by atoms with Crippen molar-refractivity contribution in [1.29, 1.82) is 0 Å². The summed E-state index contributed by atoms with van der Waals surface area (Å²) in [5, 5.41) is 25.3. The fourth-order valence-corrected chi connectivity index (χ4v) is 2.87. The number of carboxylic acid groups (broad SMARTS) is 2. The van der Waals surface area contributed by atoms with Gasteiger partial charge in [-0.15, -0.1) is 0 Å². The van der Waals surface area contributed by atoms with Gasteiger partial charge in [0.05, 0.1) is 18.8 Å². The highest BCUT2D eigenvalue weighted by molar-refractivity contribution is 5.95. The van der Waals surface area contributed by atoms with Gasteiger partial charge in [0.25, 0.3) is 0 Å². The summed E-state index contributed by atoms with van der Waals surface area (Å²) in [6.07, 6.45) is 1.13. The second-order valence-electron chi connectivity index (χ2n) is 8.18. The molecule has 0 radical (unpaired) electrons. The number of carbonyl (C=O) groups excluding carboxylic acids is 4. The predicted octanol–water partition coefficient (Wildman–Crippen LogP) is -2.79. The maximum Gasteiger partial charge on any atom is 0.326 e. The van der Waals surface area contributed by atoms with E-state index in [9.17, 15) is 33.9 Å². The van der Waals surface area contributed by atoms with Crippen LogP contribution in [0.3, 0.4) is 0 Å². The molecule has 1 aromatic heterocycles. The van der Waals surface area contributed by atoms with Crippen LogP contribution in [0.25, 0.3) is 0 Å². The first kappa shape index (κ1) is 29.0. The molecule has 0 fully saturated rings. The molecule has 0 aromatic carbocycles. The van der Waals surface area contributed by atoms with Crippen LogP contribution in [0.1, 0.15) is 38.8 Å². The lowest BCUT2D eigenvalue weighted by molar-refractivity contribution is -0.143. The fraction of sp³-hybridized carbons (Fsp3) is 0.550. The predicted molar refractivity (Wildman–Crippen MR) is 119 cm³/mol. The lowest BCUT2D eigenvalue weighted by Crippen LogP contribution is -2.58. The Hall–Kier alpha value is -4.01. The number of carboxylic acids is 2. The first-order valence-electron chi connectivity index (χ1n) is 10.7. The molecule has 0 aliphatic heterocycles. The number of rotatable bonds is 15. The van der Waals surface area contributed by atoms with Gasteiger partial charge in [-0.1, -0.05) is 13.8 Å². The molecule has 10 N–H and O–H groups in total. The molecule has 4 amide bonds. The van der Waals surface area contributed by atoms with Crippen LogP contribution in [0.15, 0.2) is 12.5 Å². The zero-order chi connectivity index (χ0) is 26.7. The van der Waals surface area contributed by atoms with Crippen molar-refractivity contribution in [3.05, 3.63) is 18.2 Å². The van der Waals surface area contributed by atoms with Gasteiger partial charge < -0.3 is 42.6 Å². The van der Waals surface area contributed by atoms with Crippen LogP contribution in [-0.4, -0.2) is 79.9 Å². The summed E-state index contributed by atoms with van der Waals surface area (Å²) in [4.78, 5) is 78.3. The van der Waals surface area contributed by atoms with E-state index in [4.69, 9.17) is 16.6 Å². The molecule has 15 nitrogen and oxygen atoms in total. The third kappa shape index (κ3) is 10.2. The van der Waals surface area contributed by atoms with Gasteiger partial charge in [-0.25, -0.2) is 9.78 Å². The molecule has 1 aromatic rings. The second kappa shape index (κ2) is 13.6. The van der Waals surface area contributed by atoms with E-state index < -0.39 is 66.2 Å². The average molecular weight is 498 g/mol. The highest BCUT2D eigenvalue weighted by atomic mass is 16.4. The third-order valence-corrected chi connectivity index (χ3v) is 4.94. The summed E-state index contributed by atoms with van der Waals surface area (Å²) in [6.45, 7) is 3.33. The van der Waals surface area contributed by atoms with Crippen LogP contribution in [0.5, 0.6) is 0 Å². The van der Waals surface area contributed by atoms with Gasteiger partial charge in [-0.05, 0) is 12.3 Å². The van der Waals surface area contributed by atoms with Crippen molar-refractivity contribution in [3.63, 3.8) is 0 Å². The molecule has 0 aliphatic rings. The topological polar surface area (TPSA) is 260 Å².